The number of rotatable bonds is 9. The summed E-state index contributed by atoms with van der Waals surface area (Å²) < 4.78 is 55.3. The fraction of sp³-hybridized carbons (Fsp3) is 0.571. The van der Waals surface area contributed by atoms with Crippen LogP contribution in [0.4, 0.5) is 17.6 Å². The standard InChI is InChI=1S/C14H19F4NO/c1-2-6-19-13(5-7-20-9-14(17)18)11-4-3-10(15)8-12(11)16/h3-4,8,13-14,19H,2,5-7,9H2,1H3. The zero-order valence-electron chi connectivity index (χ0n) is 11.3. The Labute approximate surface area is 116 Å². The van der Waals surface area contributed by atoms with E-state index in [2.05, 4.69) is 5.32 Å². The molecule has 0 aromatic heterocycles. The molecule has 2 nitrogen and oxygen atoms in total. The van der Waals surface area contributed by atoms with Crippen LogP contribution in [-0.4, -0.2) is 26.2 Å². The number of halogens is 4. The molecule has 1 atom stereocenters. The van der Waals surface area contributed by atoms with E-state index in [9.17, 15) is 17.6 Å². The Bertz CT molecular complexity index is 401. The molecule has 1 rings (SSSR count). The van der Waals surface area contributed by atoms with Crippen molar-refractivity contribution in [3.8, 4) is 0 Å². The maximum absolute atomic E-state index is 13.7. The highest BCUT2D eigenvalue weighted by molar-refractivity contribution is 5.22. The van der Waals surface area contributed by atoms with Crippen molar-refractivity contribution in [1.29, 1.82) is 0 Å². The molecule has 114 valence electrons. The summed E-state index contributed by atoms with van der Waals surface area (Å²) in [6, 6.07) is 2.98. The molecule has 6 heteroatoms. The molecule has 0 radical (unpaired) electrons. The number of hydrogen-bond acceptors (Lipinski definition) is 2. The lowest BCUT2D eigenvalue weighted by Crippen LogP contribution is -2.25. The first-order chi connectivity index (χ1) is 9.54. The van der Waals surface area contributed by atoms with Crippen LogP contribution in [0.15, 0.2) is 18.2 Å². The number of benzene rings is 1. The lowest BCUT2D eigenvalue weighted by Gasteiger charge is -2.19. The third-order valence-corrected chi connectivity index (χ3v) is 2.77. The van der Waals surface area contributed by atoms with E-state index >= 15 is 0 Å². The fourth-order valence-corrected chi connectivity index (χ4v) is 1.84. The van der Waals surface area contributed by atoms with Crippen molar-refractivity contribution in [2.45, 2.75) is 32.2 Å². The Morgan fingerprint density at radius 2 is 2.00 bits per heavy atom. The summed E-state index contributed by atoms with van der Waals surface area (Å²) in [5.74, 6) is -1.29. The van der Waals surface area contributed by atoms with Gasteiger partial charge in [0.1, 0.15) is 18.2 Å². The highest BCUT2D eigenvalue weighted by Gasteiger charge is 2.16. The van der Waals surface area contributed by atoms with E-state index in [1.54, 1.807) is 0 Å². The Morgan fingerprint density at radius 3 is 2.60 bits per heavy atom. The van der Waals surface area contributed by atoms with E-state index in [0.717, 1.165) is 12.5 Å². The molecule has 0 amide bonds. The first kappa shape index (κ1) is 16.9. The Kier molecular flexibility index (Phi) is 7.54. The molecular formula is C14H19F4NO. The molecule has 1 N–H and O–H groups in total. The molecular weight excluding hydrogens is 274 g/mol. The maximum atomic E-state index is 13.7. The number of nitrogens with one attached hydrogen (secondary N) is 1. The van der Waals surface area contributed by atoms with Gasteiger partial charge in [-0.2, -0.15) is 0 Å². The minimum atomic E-state index is -2.51. The molecule has 0 saturated carbocycles. The third-order valence-electron chi connectivity index (χ3n) is 2.77. The van der Waals surface area contributed by atoms with Crippen LogP contribution >= 0.6 is 0 Å². The SMILES string of the molecule is CCCNC(CCOCC(F)F)c1ccc(F)cc1F. The van der Waals surface area contributed by atoms with Crippen LogP contribution in [-0.2, 0) is 4.74 Å². The van der Waals surface area contributed by atoms with Crippen molar-refractivity contribution in [2.24, 2.45) is 0 Å². The van der Waals surface area contributed by atoms with Crippen molar-refractivity contribution >= 4 is 0 Å². The first-order valence-electron chi connectivity index (χ1n) is 6.58. The number of alkyl halides is 2. The third kappa shape index (κ3) is 5.88. The van der Waals surface area contributed by atoms with Crippen LogP contribution in [0.2, 0.25) is 0 Å². The maximum Gasteiger partial charge on any atom is 0.261 e. The molecule has 0 aliphatic heterocycles. The summed E-state index contributed by atoms with van der Waals surface area (Å²) in [4.78, 5) is 0. The molecule has 0 aliphatic rings. The van der Waals surface area contributed by atoms with Gasteiger partial charge >= 0.3 is 0 Å². The molecule has 0 heterocycles. The van der Waals surface area contributed by atoms with Crippen molar-refractivity contribution in [3.63, 3.8) is 0 Å². The largest absolute Gasteiger partial charge is 0.375 e. The van der Waals surface area contributed by atoms with E-state index < -0.39 is 24.7 Å². The second kappa shape index (κ2) is 8.92. The van der Waals surface area contributed by atoms with Crippen LogP contribution in [0.3, 0.4) is 0 Å². The monoisotopic (exact) mass is 293 g/mol. The minimum absolute atomic E-state index is 0.0859. The molecule has 1 aromatic rings. The summed E-state index contributed by atoms with van der Waals surface area (Å²) in [6.07, 6.45) is -1.33. The van der Waals surface area contributed by atoms with Crippen molar-refractivity contribution in [1.82, 2.24) is 5.32 Å². The van der Waals surface area contributed by atoms with E-state index in [4.69, 9.17) is 4.74 Å². The average Bonchev–Trinajstić information content (AvgIpc) is 2.38. The highest BCUT2D eigenvalue weighted by Crippen LogP contribution is 2.21. The van der Waals surface area contributed by atoms with E-state index in [1.807, 2.05) is 6.92 Å². The second-order valence-electron chi connectivity index (χ2n) is 4.43. The normalized spacial score (nSPS) is 12.9. The molecule has 0 bridgehead atoms. The van der Waals surface area contributed by atoms with Crippen LogP contribution in [0.25, 0.3) is 0 Å². The van der Waals surface area contributed by atoms with E-state index in [-0.39, 0.29) is 12.6 Å². The van der Waals surface area contributed by atoms with Crippen LogP contribution in [0, 0.1) is 11.6 Å². The number of ether oxygens (including phenoxy) is 1. The lowest BCUT2D eigenvalue weighted by atomic mass is 10.0. The van der Waals surface area contributed by atoms with Gasteiger partial charge in [-0.05, 0) is 25.5 Å². The van der Waals surface area contributed by atoms with Gasteiger partial charge in [0.15, 0.2) is 0 Å². The van der Waals surface area contributed by atoms with E-state index in [0.29, 0.717) is 18.5 Å². The van der Waals surface area contributed by atoms with Gasteiger partial charge in [0.05, 0.1) is 0 Å². The molecule has 1 unspecified atom stereocenters. The molecule has 0 saturated heterocycles. The first-order valence-corrected chi connectivity index (χ1v) is 6.58. The average molecular weight is 293 g/mol. The van der Waals surface area contributed by atoms with E-state index in [1.165, 1.54) is 12.1 Å². The van der Waals surface area contributed by atoms with Gasteiger partial charge in [-0.1, -0.05) is 13.0 Å². The van der Waals surface area contributed by atoms with Gasteiger partial charge < -0.3 is 10.1 Å². The quantitative estimate of drug-likeness (QED) is 0.554. The minimum Gasteiger partial charge on any atom is -0.375 e. The predicted molar refractivity (Wildman–Crippen MR) is 68.8 cm³/mol. The van der Waals surface area contributed by atoms with Crippen molar-refractivity contribution < 1.29 is 22.3 Å². The molecule has 0 fully saturated rings. The van der Waals surface area contributed by atoms with Gasteiger partial charge in [-0.25, -0.2) is 17.6 Å². The summed E-state index contributed by atoms with van der Waals surface area (Å²) in [7, 11) is 0. The topological polar surface area (TPSA) is 21.3 Å². The number of hydrogen-bond donors (Lipinski definition) is 1. The predicted octanol–water partition coefficient (Wildman–Crippen LogP) is 3.68. The fourth-order valence-electron chi connectivity index (χ4n) is 1.84. The highest BCUT2D eigenvalue weighted by atomic mass is 19.3. The van der Waals surface area contributed by atoms with Gasteiger partial charge in [-0.15, -0.1) is 0 Å². The second-order valence-corrected chi connectivity index (χ2v) is 4.43. The summed E-state index contributed by atoms with van der Waals surface area (Å²) in [5, 5.41) is 3.10. The van der Waals surface area contributed by atoms with Crippen molar-refractivity contribution in [2.75, 3.05) is 19.8 Å². The van der Waals surface area contributed by atoms with Gasteiger partial charge in [0.2, 0.25) is 0 Å². The summed E-state index contributed by atoms with van der Waals surface area (Å²) in [6.45, 7) is 2.06. The zero-order valence-corrected chi connectivity index (χ0v) is 11.3. The van der Waals surface area contributed by atoms with Crippen LogP contribution in [0.5, 0.6) is 0 Å². The van der Waals surface area contributed by atoms with Gasteiger partial charge in [-0.3, -0.25) is 0 Å². The lowest BCUT2D eigenvalue weighted by molar-refractivity contribution is 0.0143. The van der Waals surface area contributed by atoms with Gasteiger partial charge in [0, 0.05) is 24.3 Å². The summed E-state index contributed by atoms with van der Waals surface area (Å²) >= 11 is 0. The van der Waals surface area contributed by atoms with Crippen LogP contribution in [0.1, 0.15) is 31.4 Å². The smallest absolute Gasteiger partial charge is 0.261 e. The molecule has 0 aliphatic carbocycles. The molecule has 20 heavy (non-hydrogen) atoms. The zero-order chi connectivity index (χ0) is 15.0. The van der Waals surface area contributed by atoms with Crippen LogP contribution < -0.4 is 5.32 Å². The Morgan fingerprint density at radius 1 is 1.25 bits per heavy atom. The molecule has 1 aromatic carbocycles. The van der Waals surface area contributed by atoms with Crippen molar-refractivity contribution in [3.05, 3.63) is 35.4 Å². The Hall–Kier alpha value is -1.14. The van der Waals surface area contributed by atoms with Gasteiger partial charge in [0.25, 0.3) is 6.43 Å². The Balaban J connectivity index is 2.62. The molecule has 0 spiro atoms. The summed E-state index contributed by atoms with van der Waals surface area (Å²) in [5.41, 5.74) is 0.320.